The minimum absolute atomic E-state index is 0.797. The van der Waals surface area contributed by atoms with E-state index in [1.807, 2.05) is 24.3 Å². The molecule has 0 aliphatic carbocycles. The average Bonchev–Trinajstić information content (AvgIpc) is 2.25. The summed E-state index contributed by atoms with van der Waals surface area (Å²) in [7, 11) is 3.27. The molecule has 3 nitrogen and oxygen atoms in total. The van der Waals surface area contributed by atoms with Crippen molar-refractivity contribution in [1.29, 1.82) is 0 Å². The standard InChI is InChI=1S/C9H11Cl2N2OPS/c1-13(15(10,11)16)12-7-8-3-5-9(14-2)6-4-8/h3-7H,1-2H3/b12-7+. The van der Waals surface area contributed by atoms with Crippen molar-refractivity contribution in [2.75, 3.05) is 14.2 Å². The molecule has 0 heterocycles. The van der Waals surface area contributed by atoms with Gasteiger partial charge in [-0.2, -0.15) is 5.10 Å². The fraction of sp³-hybridized carbons (Fsp3) is 0.222. The highest BCUT2D eigenvalue weighted by atomic mass is 35.9. The van der Waals surface area contributed by atoms with Crippen LogP contribution in [0.2, 0.25) is 0 Å². The van der Waals surface area contributed by atoms with E-state index in [4.69, 9.17) is 39.0 Å². The van der Waals surface area contributed by atoms with Gasteiger partial charge < -0.3 is 4.74 Å². The van der Waals surface area contributed by atoms with E-state index in [2.05, 4.69) is 5.10 Å². The summed E-state index contributed by atoms with van der Waals surface area (Å²) in [5.41, 5.74) is 0.921. The predicted octanol–water partition coefficient (Wildman–Crippen LogP) is 3.66. The lowest BCUT2D eigenvalue weighted by Gasteiger charge is -2.15. The van der Waals surface area contributed by atoms with Crippen molar-refractivity contribution in [1.82, 2.24) is 4.78 Å². The molecule has 0 saturated carbocycles. The summed E-state index contributed by atoms with van der Waals surface area (Å²) < 4.78 is 6.44. The smallest absolute Gasteiger partial charge is 0.222 e. The normalized spacial score (nSPS) is 11.8. The molecule has 1 aromatic carbocycles. The van der Waals surface area contributed by atoms with Crippen molar-refractivity contribution >= 4 is 45.4 Å². The Balaban J connectivity index is 2.73. The molecular formula is C9H11Cl2N2OPS. The van der Waals surface area contributed by atoms with Gasteiger partial charge in [-0.25, -0.2) is 4.78 Å². The van der Waals surface area contributed by atoms with Crippen LogP contribution >= 0.6 is 27.4 Å². The molecule has 0 amide bonds. The number of rotatable bonds is 4. The molecule has 0 aromatic heterocycles. The maximum atomic E-state index is 5.78. The van der Waals surface area contributed by atoms with E-state index < -0.39 is 4.89 Å². The van der Waals surface area contributed by atoms with E-state index in [0.717, 1.165) is 11.3 Å². The summed E-state index contributed by atoms with van der Waals surface area (Å²) >= 11 is 16.5. The van der Waals surface area contributed by atoms with Crippen LogP contribution in [0, 0.1) is 0 Å². The van der Waals surface area contributed by atoms with Gasteiger partial charge in [-0.05, 0) is 64.1 Å². The number of ether oxygens (including phenoxy) is 1. The molecule has 1 rings (SSSR count). The highest BCUT2D eigenvalue weighted by molar-refractivity contribution is 8.37. The number of hydrogen-bond acceptors (Lipinski definition) is 3. The largest absolute Gasteiger partial charge is 0.497 e. The molecule has 88 valence electrons. The number of halogens is 2. The topological polar surface area (TPSA) is 24.8 Å². The average molecular weight is 297 g/mol. The number of nitrogens with zero attached hydrogens (tertiary/aromatic N) is 2. The van der Waals surface area contributed by atoms with E-state index in [1.54, 1.807) is 20.4 Å². The maximum absolute atomic E-state index is 5.78. The van der Waals surface area contributed by atoms with Gasteiger partial charge in [0.15, 0.2) is 0 Å². The molecule has 1 aromatic rings. The first-order valence-corrected chi connectivity index (χ1v) is 8.91. The lowest BCUT2D eigenvalue weighted by Crippen LogP contribution is -2.00. The van der Waals surface area contributed by atoms with Gasteiger partial charge in [-0.3, -0.25) is 0 Å². The van der Waals surface area contributed by atoms with Gasteiger partial charge >= 0.3 is 0 Å². The zero-order chi connectivity index (χ0) is 12.2. The van der Waals surface area contributed by atoms with Crippen molar-refractivity contribution < 1.29 is 4.74 Å². The van der Waals surface area contributed by atoms with Gasteiger partial charge in [0.2, 0.25) is 4.89 Å². The molecule has 0 saturated heterocycles. The first kappa shape index (κ1) is 13.8. The van der Waals surface area contributed by atoms with E-state index in [1.165, 1.54) is 4.78 Å². The second-order valence-electron chi connectivity index (χ2n) is 2.94. The fourth-order valence-electron chi connectivity index (χ4n) is 0.900. The molecule has 0 N–H and O–H groups in total. The molecule has 0 fully saturated rings. The zero-order valence-corrected chi connectivity index (χ0v) is 12.0. The molecule has 0 atom stereocenters. The van der Waals surface area contributed by atoms with Crippen LogP contribution in [0.3, 0.4) is 0 Å². The predicted molar refractivity (Wildman–Crippen MR) is 74.3 cm³/mol. The molecule has 0 radical (unpaired) electrons. The molecular weight excluding hydrogens is 286 g/mol. The molecule has 0 aliphatic rings. The van der Waals surface area contributed by atoms with Gasteiger partial charge in [-0.1, -0.05) is 0 Å². The van der Waals surface area contributed by atoms with Gasteiger partial charge in [-0.15, -0.1) is 0 Å². The Kier molecular flexibility index (Phi) is 5.06. The quantitative estimate of drug-likeness (QED) is 0.481. The molecule has 0 unspecified atom stereocenters. The van der Waals surface area contributed by atoms with Crippen molar-refractivity contribution in [3.63, 3.8) is 0 Å². The van der Waals surface area contributed by atoms with Crippen LogP contribution in [-0.2, 0) is 11.8 Å². The summed E-state index contributed by atoms with van der Waals surface area (Å²) in [6.45, 7) is 0. The third-order valence-corrected chi connectivity index (χ3v) is 4.63. The monoisotopic (exact) mass is 296 g/mol. The second-order valence-corrected chi connectivity index (χ2v) is 10.6. The van der Waals surface area contributed by atoms with E-state index >= 15 is 0 Å². The van der Waals surface area contributed by atoms with Gasteiger partial charge in [0.25, 0.3) is 0 Å². The summed E-state index contributed by atoms with van der Waals surface area (Å²) in [6, 6.07) is 7.45. The van der Waals surface area contributed by atoms with E-state index in [-0.39, 0.29) is 0 Å². The van der Waals surface area contributed by atoms with Crippen LogP contribution in [0.4, 0.5) is 0 Å². The minimum atomic E-state index is -2.52. The van der Waals surface area contributed by atoms with Crippen LogP contribution in [0.1, 0.15) is 5.56 Å². The molecule has 0 aliphatic heterocycles. The zero-order valence-electron chi connectivity index (χ0n) is 8.80. The van der Waals surface area contributed by atoms with Crippen molar-refractivity contribution in [3.05, 3.63) is 29.8 Å². The highest BCUT2D eigenvalue weighted by Gasteiger charge is 2.12. The van der Waals surface area contributed by atoms with Crippen molar-refractivity contribution in [2.45, 2.75) is 0 Å². The number of hydrogen-bond donors (Lipinski definition) is 0. The Morgan fingerprint density at radius 3 is 2.38 bits per heavy atom. The van der Waals surface area contributed by atoms with E-state index in [0.29, 0.717) is 0 Å². The lowest BCUT2D eigenvalue weighted by molar-refractivity contribution is 0.415. The number of methoxy groups -OCH3 is 1. The van der Waals surface area contributed by atoms with Crippen molar-refractivity contribution in [3.8, 4) is 5.75 Å². The Hall–Kier alpha value is -0.280. The third kappa shape index (κ3) is 4.30. The summed E-state index contributed by atoms with van der Waals surface area (Å²) in [5.74, 6) is 0.797. The summed E-state index contributed by atoms with van der Waals surface area (Å²) in [4.78, 5) is -2.52. The molecule has 7 heteroatoms. The summed E-state index contributed by atoms with van der Waals surface area (Å²) in [6.07, 6.45) is 1.64. The van der Waals surface area contributed by atoms with Gasteiger partial charge in [0.05, 0.1) is 13.3 Å². The lowest BCUT2D eigenvalue weighted by atomic mass is 10.2. The minimum Gasteiger partial charge on any atom is -0.497 e. The van der Waals surface area contributed by atoms with Crippen molar-refractivity contribution in [2.24, 2.45) is 5.10 Å². The van der Waals surface area contributed by atoms with Crippen LogP contribution in [0.5, 0.6) is 5.75 Å². The molecule has 0 spiro atoms. The first-order chi connectivity index (χ1) is 7.43. The van der Waals surface area contributed by atoms with Crippen LogP contribution in [0.15, 0.2) is 29.4 Å². The van der Waals surface area contributed by atoms with Crippen LogP contribution in [0.25, 0.3) is 0 Å². The Morgan fingerprint density at radius 2 is 1.94 bits per heavy atom. The van der Waals surface area contributed by atoms with Crippen LogP contribution in [-0.4, -0.2) is 25.2 Å². The molecule has 0 bridgehead atoms. The van der Waals surface area contributed by atoms with Gasteiger partial charge in [0, 0.05) is 7.05 Å². The Labute approximate surface area is 110 Å². The Bertz CT molecular complexity index is 418. The fourth-order valence-corrected chi connectivity index (χ4v) is 1.43. The van der Waals surface area contributed by atoms with Gasteiger partial charge in [0.1, 0.15) is 5.75 Å². The third-order valence-electron chi connectivity index (χ3n) is 1.83. The maximum Gasteiger partial charge on any atom is 0.222 e. The highest BCUT2D eigenvalue weighted by Crippen LogP contribution is 2.59. The number of benzene rings is 1. The number of hydrazone groups is 1. The summed E-state index contributed by atoms with van der Waals surface area (Å²) in [5, 5.41) is 4.07. The first-order valence-electron chi connectivity index (χ1n) is 4.35. The second kappa shape index (κ2) is 5.87. The van der Waals surface area contributed by atoms with E-state index in [9.17, 15) is 0 Å². The van der Waals surface area contributed by atoms with Crippen LogP contribution < -0.4 is 4.74 Å². The Morgan fingerprint density at radius 1 is 1.38 bits per heavy atom. The SMILES string of the molecule is COc1ccc(/C=N/N(C)P(=S)(Cl)Cl)cc1. The molecule has 16 heavy (non-hydrogen) atoms.